The minimum Gasteiger partial charge on any atom is -0.481 e. The summed E-state index contributed by atoms with van der Waals surface area (Å²) in [6.07, 6.45) is 3.49. The monoisotopic (exact) mass is 300 g/mol. The van der Waals surface area contributed by atoms with Crippen LogP contribution in [0.4, 0.5) is 0 Å². The van der Waals surface area contributed by atoms with Gasteiger partial charge in [-0.25, -0.2) is 9.97 Å². The molecule has 0 saturated heterocycles. The van der Waals surface area contributed by atoms with Crippen LogP contribution < -0.4 is 4.74 Å². The van der Waals surface area contributed by atoms with E-state index in [1.165, 1.54) is 0 Å². The Bertz CT molecular complexity index is 439. The molecule has 5 nitrogen and oxygen atoms in total. The van der Waals surface area contributed by atoms with Gasteiger partial charge in [-0.15, -0.1) is 0 Å². The molecule has 1 fully saturated rings. The number of halogens is 1. The van der Waals surface area contributed by atoms with Crippen LogP contribution in [0.5, 0.6) is 5.88 Å². The Hall–Kier alpha value is -1.17. The Morgan fingerprint density at radius 2 is 2.35 bits per heavy atom. The van der Waals surface area contributed by atoms with Gasteiger partial charge in [0.05, 0.1) is 12.1 Å². The predicted molar refractivity (Wildman–Crippen MR) is 63.9 cm³/mol. The number of ether oxygens (including phenoxy) is 1. The Morgan fingerprint density at radius 1 is 1.59 bits per heavy atom. The van der Waals surface area contributed by atoms with E-state index >= 15 is 0 Å². The van der Waals surface area contributed by atoms with Gasteiger partial charge in [0.1, 0.15) is 16.4 Å². The van der Waals surface area contributed by atoms with E-state index in [0.717, 1.165) is 6.42 Å². The second-order valence-corrected chi connectivity index (χ2v) is 4.98. The van der Waals surface area contributed by atoms with E-state index in [0.29, 0.717) is 29.0 Å². The van der Waals surface area contributed by atoms with Gasteiger partial charge >= 0.3 is 5.97 Å². The Morgan fingerprint density at radius 3 is 2.94 bits per heavy atom. The standard InChI is InChI=1S/C11H13BrN2O3/c1-6-10(13-5-9(12)14-6)17-8-3-2-7(4-8)11(15)16/h5,7-8H,2-4H2,1H3,(H,15,16). The molecule has 0 aliphatic heterocycles. The molecular weight excluding hydrogens is 288 g/mol. The molecule has 1 aliphatic carbocycles. The highest BCUT2D eigenvalue weighted by Gasteiger charge is 2.31. The van der Waals surface area contributed by atoms with Gasteiger partial charge in [0.2, 0.25) is 5.88 Å². The van der Waals surface area contributed by atoms with Crippen LogP contribution in [-0.4, -0.2) is 27.1 Å². The minimum absolute atomic E-state index is 0.0646. The van der Waals surface area contributed by atoms with Crippen molar-refractivity contribution in [3.8, 4) is 5.88 Å². The van der Waals surface area contributed by atoms with Crippen molar-refractivity contribution >= 4 is 21.9 Å². The number of carboxylic acids is 1. The van der Waals surface area contributed by atoms with Crippen molar-refractivity contribution < 1.29 is 14.6 Å². The van der Waals surface area contributed by atoms with Crippen LogP contribution in [0.2, 0.25) is 0 Å². The van der Waals surface area contributed by atoms with Crippen molar-refractivity contribution in [3.05, 3.63) is 16.5 Å². The first-order valence-electron chi connectivity index (χ1n) is 5.45. The van der Waals surface area contributed by atoms with Crippen molar-refractivity contribution in [2.24, 2.45) is 5.92 Å². The van der Waals surface area contributed by atoms with E-state index in [2.05, 4.69) is 25.9 Å². The average Bonchev–Trinajstić information content (AvgIpc) is 2.71. The van der Waals surface area contributed by atoms with Crippen LogP contribution in [0.1, 0.15) is 25.0 Å². The lowest BCUT2D eigenvalue weighted by atomic mass is 10.1. The number of hydrogen-bond donors (Lipinski definition) is 1. The highest BCUT2D eigenvalue weighted by molar-refractivity contribution is 9.10. The van der Waals surface area contributed by atoms with E-state index in [1.54, 1.807) is 6.20 Å². The molecular formula is C11H13BrN2O3. The van der Waals surface area contributed by atoms with Gasteiger partial charge in [-0.3, -0.25) is 4.79 Å². The normalized spacial score (nSPS) is 23.6. The van der Waals surface area contributed by atoms with Crippen molar-refractivity contribution in [2.45, 2.75) is 32.3 Å². The predicted octanol–water partition coefficient (Wildman–Crippen LogP) is 2.18. The van der Waals surface area contributed by atoms with Crippen molar-refractivity contribution in [1.82, 2.24) is 9.97 Å². The van der Waals surface area contributed by atoms with Crippen molar-refractivity contribution in [2.75, 3.05) is 0 Å². The second kappa shape index (κ2) is 5.00. The van der Waals surface area contributed by atoms with Crippen molar-refractivity contribution in [1.29, 1.82) is 0 Å². The van der Waals surface area contributed by atoms with Gasteiger partial charge < -0.3 is 9.84 Å². The third-order valence-electron chi connectivity index (χ3n) is 2.88. The highest BCUT2D eigenvalue weighted by atomic mass is 79.9. The number of rotatable bonds is 3. The fourth-order valence-corrected chi connectivity index (χ4v) is 2.36. The lowest BCUT2D eigenvalue weighted by molar-refractivity contribution is -0.141. The van der Waals surface area contributed by atoms with Gasteiger partial charge in [0.25, 0.3) is 0 Å². The van der Waals surface area contributed by atoms with E-state index in [9.17, 15) is 4.79 Å². The molecule has 0 bridgehead atoms. The highest BCUT2D eigenvalue weighted by Crippen LogP contribution is 2.29. The minimum atomic E-state index is -0.741. The summed E-state index contributed by atoms with van der Waals surface area (Å²) in [4.78, 5) is 19.1. The largest absolute Gasteiger partial charge is 0.481 e. The van der Waals surface area contributed by atoms with Crippen LogP contribution in [0.15, 0.2) is 10.8 Å². The smallest absolute Gasteiger partial charge is 0.306 e. The van der Waals surface area contributed by atoms with Crippen LogP contribution in [0.25, 0.3) is 0 Å². The Kier molecular flexibility index (Phi) is 3.61. The SMILES string of the molecule is Cc1nc(Br)cnc1OC1CCC(C(=O)O)C1. The summed E-state index contributed by atoms with van der Waals surface area (Å²) in [5.41, 5.74) is 0.707. The molecule has 1 heterocycles. The third kappa shape index (κ3) is 2.94. The lowest BCUT2D eigenvalue weighted by Crippen LogP contribution is -2.16. The maximum atomic E-state index is 10.8. The summed E-state index contributed by atoms with van der Waals surface area (Å²) >= 11 is 3.23. The molecule has 1 aromatic heterocycles. The first-order chi connectivity index (χ1) is 8.06. The zero-order chi connectivity index (χ0) is 12.4. The summed E-state index contributed by atoms with van der Waals surface area (Å²) in [6.45, 7) is 1.82. The number of aromatic nitrogens is 2. The summed E-state index contributed by atoms with van der Waals surface area (Å²) in [5, 5.41) is 8.90. The molecule has 6 heteroatoms. The van der Waals surface area contributed by atoms with Gasteiger partial charge in [0.15, 0.2) is 0 Å². The number of nitrogens with zero attached hydrogens (tertiary/aromatic N) is 2. The van der Waals surface area contributed by atoms with Crippen LogP contribution >= 0.6 is 15.9 Å². The van der Waals surface area contributed by atoms with E-state index < -0.39 is 5.97 Å². The molecule has 1 aliphatic rings. The molecule has 0 radical (unpaired) electrons. The summed E-state index contributed by atoms with van der Waals surface area (Å²) in [5.74, 6) is -0.539. The molecule has 0 amide bonds. The zero-order valence-electron chi connectivity index (χ0n) is 9.39. The van der Waals surface area contributed by atoms with Gasteiger partial charge in [-0.2, -0.15) is 0 Å². The molecule has 92 valence electrons. The fraction of sp³-hybridized carbons (Fsp3) is 0.545. The molecule has 1 aromatic rings. The molecule has 17 heavy (non-hydrogen) atoms. The number of carbonyl (C=O) groups is 1. The molecule has 1 saturated carbocycles. The average molecular weight is 301 g/mol. The lowest BCUT2D eigenvalue weighted by Gasteiger charge is -2.13. The van der Waals surface area contributed by atoms with Gasteiger partial charge in [-0.05, 0) is 42.1 Å². The molecule has 0 aromatic carbocycles. The summed E-state index contributed by atoms with van der Waals surface area (Å²) < 4.78 is 6.35. The molecule has 1 N–H and O–H groups in total. The first kappa shape index (κ1) is 12.3. The first-order valence-corrected chi connectivity index (χ1v) is 6.24. The zero-order valence-corrected chi connectivity index (χ0v) is 11.0. The van der Waals surface area contributed by atoms with Crippen LogP contribution in [0, 0.1) is 12.8 Å². The molecule has 2 rings (SSSR count). The van der Waals surface area contributed by atoms with E-state index in [-0.39, 0.29) is 12.0 Å². The van der Waals surface area contributed by atoms with Crippen molar-refractivity contribution in [3.63, 3.8) is 0 Å². The fourth-order valence-electron chi connectivity index (χ4n) is 1.99. The second-order valence-electron chi connectivity index (χ2n) is 4.17. The number of hydrogen-bond acceptors (Lipinski definition) is 4. The van der Waals surface area contributed by atoms with Gasteiger partial charge in [-0.1, -0.05) is 0 Å². The summed E-state index contributed by atoms with van der Waals surface area (Å²) in [7, 11) is 0. The van der Waals surface area contributed by atoms with Crippen LogP contribution in [-0.2, 0) is 4.79 Å². The van der Waals surface area contributed by atoms with E-state index in [1.807, 2.05) is 6.92 Å². The summed E-state index contributed by atoms with van der Waals surface area (Å²) in [6, 6.07) is 0. The Labute approximate surface area is 107 Å². The maximum Gasteiger partial charge on any atom is 0.306 e. The molecule has 2 unspecified atom stereocenters. The number of aryl methyl sites for hydroxylation is 1. The van der Waals surface area contributed by atoms with Crippen LogP contribution in [0.3, 0.4) is 0 Å². The molecule has 2 atom stereocenters. The Balaban J connectivity index is 2.00. The van der Waals surface area contributed by atoms with Gasteiger partial charge in [0, 0.05) is 0 Å². The maximum absolute atomic E-state index is 10.8. The molecule has 0 spiro atoms. The number of aliphatic carboxylic acids is 1. The topological polar surface area (TPSA) is 72.3 Å². The number of carboxylic acid groups (broad SMARTS) is 1. The quantitative estimate of drug-likeness (QED) is 0.926. The van der Waals surface area contributed by atoms with E-state index in [4.69, 9.17) is 9.84 Å². The third-order valence-corrected chi connectivity index (χ3v) is 3.27.